The van der Waals surface area contributed by atoms with Gasteiger partial charge >= 0.3 is 0 Å². The third-order valence-corrected chi connectivity index (χ3v) is 4.32. The summed E-state index contributed by atoms with van der Waals surface area (Å²) in [4.78, 5) is 25.1. The first kappa shape index (κ1) is 19.8. The second-order valence-electron chi connectivity index (χ2n) is 6.42. The highest BCUT2D eigenvalue weighted by atomic mass is 35.5. The fraction of sp³-hybridized carbons (Fsp3) is 0.300. The van der Waals surface area contributed by atoms with Crippen molar-refractivity contribution in [3.05, 3.63) is 59.1 Å². The molecule has 5 nitrogen and oxygen atoms in total. The number of rotatable bonds is 7. The molecule has 2 rings (SSSR count). The summed E-state index contributed by atoms with van der Waals surface area (Å²) in [6, 6.07) is 14.7. The first-order chi connectivity index (χ1) is 12.3. The van der Waals surface area contributed by atoms with Crippen molar-refractivity contribution < 1.29 is 14.3 Å². The molecule has 0 aliphatic carbocycles. The maximum absolute atomic E-state index is 12.6. The molecule has 0 aromatic heterocycles. The van der Waals surface area contributed by atoms with Crippen LogP contribution in [0.15, 0.2) is 48.5 Å². The SMILES string of the molecule is COc1ccc(Cl)cc1NC(=O)C(C)(C)C(=O)NCCc1ccccc1. The molecule has 0 bridgehead atoms. The summed E-state index contributed by atoms with van der Waals surface area (Å²) in [5.74, 6) is -0.301. The molecule has 0 spiro atoms. The molecule has 2 aromatic carbocycles. The van der Waals surface area contributed by atoms with E-state index in [0.717, 1.165) is 5.56 Å². The van der Waals surface area contributed by atoms with E-state index in [-0.39, 0.29) is 5.91 Å². The molecule has 138 valence electrons. The lowest BCUT2D eigenvalue weighted by molar-refractivity contribution is -0.138. The molecular weight excluding hydrogens is 352 g/mol. The Bertz CT molecular complexity index is 776. The summed E-state index contributed by atoms with van der Waals surface area (Å²) in [6.07, 6.45) is 0.701. The number of nitrogens with one attached hydrogen (secondary N) is 2. The van der Waals surface area contributed by atoms with Crippen molar-refractivity contribution in [1.29, 1.82) is 0 Å². The molecule has 0 aliphatic rings. The Hall–Kier alpha value is -2.53. The van der Waals surface area contributed by atoms with Crippen LogP contribution in [0.5, 0.6) is 5.75 Å². The molecule has 2 N–H and O–H groups in total. The second kappa shape index (κ2) is 8.72. The van der Waals surface area contributed by atoms with Crippen LogP contribution in [0.2, 0.25) is 5.02 Å². The van der Waals surface area contributed by atoms with Gasteiger partial charge in [-0.05, 0) is 44.0 Å². The number of carbonyl (C=O) groups excluding carboxylic acids is 2. The van der Waals surface area contributed by atoms with E-state index in [1.807, 2.05) is 30.3 Å². The lowest BCUT2D eigenvalue weighted by Crippen LogP contribution is -2.45. The third kappa shape index (κ3) is 4.99. The van der Waals surface area contributed by atoms with Crippen molar-refractivity contribution in [3.63, 3.8) is 0 Å². The van der Waals surface area contributed by atoms with Crippen LogP contribution < -0.4 is 15.4 Å². The summed E-state index contributed by atoms with van der Waals surface area (Å²) >= 11 is 5.97. The molecule has 0 aliphatic heterocycles. The predicted molar refractivity (Wildman–Crippen MR) is 104 cm³/mol. The Morgan fingerprint density at radius 3 is 2.42 bits per heavy atom. The van der Waals surface area contributed by atoms with E-state index < -0.39 is 11.3 Å². The fourth-order valence-electron chi connectivity index (χ4n) is 2.35. The zero-order valence-electron chi connectivity index (χ0n) is 15.1. The van der Waals surface area contributed by atoms with E-state index in [2.05, 4.69) is 10.6 Å². The number of ether oxygens (including phenoxy) is 1. The van der Waals surface area contributed by atoms with Crippen LogP contribution in [0.25, 0.3) is 0 Å². The Kier molecular flexibility index (Phi) is 6.64. The highest BCUT2D eigenvalue weighted by Crippen LogP contribution is 2.29. The molecule has 2 aromatic rings. The van der Waals surface area contributed by atoms with Crippen LogP contribution in [0.3, 0.4) is 0 Å². The highest BCUT2D eigenvalue weighted by Gasteiger charge is 2.36. The van der Waals surface area contributed by atoms with Gasteiger partial charge in [0.25, 0.3) is 0 Å². The number of benzene rings is 2. The Labute approximate surface area is 158 Å². The number of methoxy groups -OCH3 is 1. The van der Waals surface area contributed by atoms with Crippen molar-refractivity contribution >= 4 is 29.1 Å². The standard InChI is InChI=1S/C20H23ClN2O3/c1-20(2,18(24)22-12-11-14-7-5-4-6-8-14)19(25)23-16-13-15(21)9-10-17(16)26-3/h4-10,13H,11-12H2,1-3H3,(H,22,24)(H,23,25). The molecule has 2 amide bonds. The smallest absolute Gasteiger partial charge is 0.239 e. The summed E-state index contributed by atoms with van der Waals surface area (Å²) < 4.78 is 5.21. The van der Waals surface area contributed by atoms with Gasteiger partial charge in [-0.25, -0.2) is 0 Å². The maximum Gasteiger partial charge on any atom is 0.239 e. The monoisotopic (exact) mass is 374 g/mol. The van der Waals surface area contributed by atoms with Crippen LogP contribution in [0.4, 0.5) is 5.69 Å². The van der Waals surface area contributed by atoms with E-state index in [1.54, 1.807) is 32.0 Å². The minimum absolute atomic E-state index is 0.341. The van der Waals surface area contributed by atoms with Gasteiger partial charge in [0.1, 0.15) is 11.2 Å². The van der Waals surface area contributed by atoms with E-state index in [0.29, 0.717) is 29.4 Å². The van der Waals surface area contributed by atoms with Crippen LogP contribution in [-0.4, -0.2) is 25.5 Å². The van der Waals surface area contributed by atoms with Gasteiger partial charge in [-0.1, -0.05) is 41.9 Å². The Morgan fingerprint density at radius 2 is 1.77 bits per heavy atom. The van der Waals surface area contributed by atoms with E-state index >= 15 is 0 Å². The van der Waals surface area contributed by atoms with Crippen molar-refractivity contribution in [2.24, 2.45) is 5.41 Å². The second-order valence-corrected chi connectivity index (χ2v) is 6.85. The molecule has 0 fully saturated rings. The number of anilines is 1. The van der Waals surface area contributed by atoms with Gasteiger partial charge in [0.05, 0.1) is 12.8 Å². The molecule has 0 atom stereocenters. The lowest BCUT2D eigenvalue weighted by atomic mass is 9.90. The number of hydrogen-bond donors (Lipinski definition) is 2. The summed E-state index contributed by atoms with van der Waals surface area (Å²) in [6.45, 7) is 3.62. The van der Waals surface area contributed by atoms with E-state index in [9.17, 15) is 9.59 Å². The van der Waals surface area contributed by atoms with Gasteiger partial charge in [-0.15, -0.1) is 0 Å². The quantitative estimate of drug-likeness (QED) is 0.726. The summed E-state index contributed by atoms with van der Waals surface area (Å²) in [7, 11) is 1.50. The molecule has 0 heterocycles. The molecule has 0 radical (unpaired) electrons. The maximum atomic E-state index is 12.6. The van der Waals surface area contributed by atoms with Crippen LogP contribution in [-0.2, 0) is 16.0 Å². The van der Waals surface area contributed by atoms with E-state index in [1.165, 1.54) is 7.11 Å². The molecular formula is C20H23ClN2O3. The van der Waals surface area contributed by atoms with Crippen molar-refractivity contribution in [3.8, 4) is 5.75 Å². The van der Waals surface area contributed by atoms with Gasteiger partial charge in [0, 0.05) is 11.6 Å². The van der Waals surface area contributed by atoms with Crippen LogP contribution in [0.1, 0.15) is 19.4 Å². The topological polar surface area (TPSA) is 67.4 Å². The van der Waals surface area contributed by atoms with Gasteiger partial charge in [-0.3, -0.25) is 9.59 Å². The largest absolute Gasteiger partial charge is 0.495 e. The van der Waals surface area contributed by atoms with E-state index in [4.69, 9.17) is 16.3 Å². The van der Waals surface area contributed by atoms with Crippen LogP contribution in [0, 0.1) is 5.41 Å². The zero-order valence-corrected chi connectivity index (χ0v) is 15.9. The fourth-order valence-corrected chi connectivity index (χ4v) is 2.52. The normalized spacial score (nSPS) is 10.9. The average Bonchev–Trinajstić information content (AvgIpc) is 2.62. The molecule has 0 saturated carbocycles. The summed E-state index contributed by atoms with van der Waals surface area (Å²) in [5.41, 5.74) is 0.304. The minimum atomic E-state index is -1.25. The molecule has 0 unspecified atom stereocenters. The van der Waals surface area contributed by atoms with Gasteiger partial charge in [-0.2, -0.15) is 0 Å². The number of amides is 2. The first-order valence-electron chi connectivity index (χ1n) is 8.32. The van der Waals surface area contributed by atoms with Gasteiger partial charge in [0.2, 0.25) is 11.8 Å². The minimum Gasteiger partial charge on any atom is -0.495 e. The number of carbonyl (C=O) groups is 2. The van der Waals surface area contributed by atoms with Gasteiger partial charge < -0.3 is 15.4 Å². The van der Waals surface area contributed by atoms with Gasteiger partial charge in [0.15, 0.2) is 0 Å². The zero-order chi connectivity index (χ0) is 19.2. The summed E-state index contributed by atoms with van der Waals surface area (Å²) in [5, 5.41) is 6.01. The predicted octanol–water partition coefficient (Wildman–Crippen LogP) is 3.67. The first-order valence-corrected chi connectivity index (χ1v) is 8.69. The average molecular weight is 375 g/mol. The Balaban J connectivity index is 1.98. The Morgan fingerprint density at radius 1 is 1.08 bits per heavy atom. The van der Waals surface area contributed by atoms with Crippen LogP contribution >= 0.6 is 11.6 Å². The molecule has 26 heavy (non-hydrogen) atoms. The highest BCUT2D eigenvalue weighted by molar-refractivity contribution is 6.31. The molecule has 6 heteroatoms. The lowest BCUT2D eigenvalue weighted by Gasteiger charge is -2.23. The van der Waals surface area contributed by atoms with Crippen molar-refractivity contribution in [2.75, 3.05) is 19.0 Å². The third-order valence-electron chi connectivity index (χ3n) is 4.09. The molecule has 0 saturated heterocycles. The van der Waals surface area contributed by atoms with Crippen molar-refractivity contribution in [1.82, 2.24) is 5.32 Å². The van der Waals surface area contributed by atoms with Crippen molar-refractivity contribution in [2.45, 2.75) is 20.3 Å². The number of hydrogen-bond acceptors (Lipinski definition) is 3. The number of halogens is 1.